The van der Waals surface area contributed by atoms with Gasteiger partial charge in [0.1, 0.15) is 5.82 Å². The third kappa shape index (κ3) is 3.12. The van der Waals surface area contributed by atoms with Gasteiger partial charge >= 0.3 is 5.69 Å². The normalized spacial score (nSPS) is 18.0. The van der Waals surface area contributed by atoms with E-state index in [1.165, 1.54) is 22.3 Å². The number of nitrogens with one attached hydrogen (secondary N) is 1. The van der Waals surface area contributed by atoms with Crippen LogP contribution in [0.1, 0.15) is 29.8 Å². The monoisotopic (exact) mass is 317 g/mol. The fourth-order valence-electron chi connectivity index (χ4n) is 3.22. The van der Waals surface area contributed by atoms with Gasteiger partial charge in [0, 0.05) is 37.4 Å². The molecule has 1 aliphatic rings. The number of rotatable bonds is 3. The molecule has 0 aliphatic carbocycles. The van der Waals surface area contributed by atoms with Crippen LogP contribution in [0.4, 0.5) is 4.39 Å². The zero-order valence-corrected chi connectivity index (χ0v) is 13.3. The van der Waals surface area contributed by atoms with Crippen molar-refractivity contribution in [3.05, 3.63) is 67.7 Å². The Kier molecular flexibility index (Phi) is 4.17. The van der Waals surface area contributed by atoms with Gasteiger partial charge in [0.25, 0.3) is 5.56 Å². The van der Waals surface area contributed by atoms with Crippen LogP contribution in [-0.2, 0) is 13.0 Å². The molecule has 1 N–H and O–H groups in total. The Morgan fingerprint density at radius 2 is 2.04 bits per heavy atom. The summed E-state index contributed by atoms with van der Waals surface area (Å²) in [5.74, 6) is -0.233. The van der Waals surface area contributed by atoms with Crippen LogP contribution >= 0.6 is 0 Å². The van der Waals surface area contributed by atoms with E-state index in [0.29, 0.717) is 18.8 Å². The summed E-state index contributed by atoms with van der Waals surface area (Å²) in [5.41, 5.74) is 2.04. The third-order valence-electron chi connectivity index (χ3n) is 4.54. The van der Waals surface area contributed by atoms with E-state index in [2.05, 4.69) is 9.88 Å². The van der Waals surface area contributed by atoms with Crippen molar-refractivity contribution in [1.29, 1.82) is 0 Å². The van der Waals surface area contributed by atoms with Crippen LogP contribution in [0, 0.1) is 12.7 Å². The first-order valence-electron chi connectivity index (χ1n) is 7.79. The maximum absolute atomic E-state index is 13.5. The van der Waals surface area contributed by atoms with Crippen LogP contribution in [-0.4, -0.2) is 27.5 Å². The van der Waals surface area contributed by atoms with Gasteiger partial charge in [0.15, 0.2) is 0 Å². The van der Waals surface area contributed by atoms with Crippen molar-refractivity contribution in [1.82, 2.24) is 14.5 Å². The van der Waals surface area contributed by atoms with Gasteiger partial charge in [-0.05, 0) is 43.5 Å². The summed E-state index contributed by atoms with van der Waals surface area (Å²) in [6.45, 7) is 5.44. The number of halogens is 1. The fraction of sp³-hybridized carbons (Fsp3) is 0.412. The maximum Gasteiger partial charge on any atom is 0.328 e. The summed E-state index contributed by atoms with van der Waals surface area (Å²) in [6, 6.07) is 6.40. The van der Waals surface area contributed by atoms with E-state index in [1.54, 1.807) is 13.0 Å². The fourth-order valence-corrected chi connectivity index (χ4v) is 3.22. The van der Waals surface area contributed by atoms with Crippen molar-refractivity contribution in [2.24, 2.45) is 0 Å². The molecular weight excluding hydrogens is 297 g/mol. The highest BCUT2D eigenvalue weighted by atomic mass is 19.1. The van der Waals surface area contributed by atoms with E-state index in [0.717, 1.165) is 18.5 Å². The molecule has 1 aromatic carbocycles. The molecule has 5 nitrogen and oxygen atoms in total. The molecule has 0 saturated carbocycles. The Labute approximate surface area is 133 Å². The second-order valence-electron chi connectivity index (χ2n) is 6.05. The predicted octanol–water partition coefficient (Wildman–Crippen LogP) is 1.60. The first-order valence-corrected chi connectivity index (χ1v) is 7.79. The number of H-pyrrole nitrogens is 1. The van der Waals surface area contributed by atoms with Crippen molar-refractivity contribution in [2.75, 3.05) is 13.1 Å². The number of nitrogens with zero attached hydrogens (tertiary/aromatic N) is 2. The summed E-state index contributed by atoms with van der Waals surface area (Å²) < 4.78 is 14.7. The molecule has 1 aromatic heterocycles. The lowest BCUT2D eigenvalue weighted by Crippen LogP contribution is -2.41. The smallest absolute Gasteiger partial charge is 0.311 e. The summed E-state index contributed by atoms with van der Waals surface area (Å²) in [6.07, 6.45) is 0.846. The Morgan fingerprint density at radius 1 is 1.26 bits per heavy atom. The number of benzene rings is 1. The Morgan fingerprint density at radius 3 is 2.78 bits per heavy atom. The van der Waals surface area contributed by atoms with Crippen LogP contribution in [0.15, 0.2) is 33.9 Å². The zero-order valence-electron chi connectivity index (χ0n) is 13.3. The average molecular weight is 317 g/mol. The lowest BCUT2D eigenvalue weighted by atomic mass is 9.93. The molecule has 0 saturated heterocycles. The van der Waals surface area contributed by atoms with Crippen molar-refractivity contribution >= 4 is 0 Å². The lowest BCUT2D eigenvalue weighted by Gasteiger charge is -2.35. The molecule has 0 unspecified atom stereocenters. The van der Waals surface area contributed by atoms with Gasteiger partial charge in [0.05, 0.1) is 0 Å². The molecule has 23 heavy (non-hydrogen) atoms. The summed E-state index contributed by atoms with van der Waals surface area (Å²) in [5, 5.41) is 0. The Bertz CT molecular complexity index is 809. The van der Waals surface area contributed by atoms with E-state index < -0.39 is 0 Å². The van der Waals surface area contributed by atoms with E-state index in [4.69, 9.17) is 0 Å². The largest absolute Gasteiger partial charge is 0.328 e. The number of aromatic nitrogens is 2. The number of fused-ring (bicyclic) bond motifs is 1. The quantitative estimate of drug-likeness (QED) is 0.935. The minimum Gasteiger partial charge on any atom is -0.311 e. The van der Waals surface area contributed by atoms with Gasteiger partial charge in [-0.2, -0.15) is 0 Å². The first-order chi connectivity index (χ1) is 11.0. The summed E-state index contributed by atoms with van der Waals surface area (Å²) >= 11 is 0. The average Bonchev–Trinajstić information content (AvgIpc) is 2.48. The maximum atomic E-state index is 13.5. The van der Waals surface area contributed by atoms with Crippen LogP contribution in [0.5, 0.6) is 0 Å². The van der Waals surface area contributed by atoms with Crippen molar-refractivity contribution in [2.45, 2.75) is 32.9 Å². The van der Waals surface area contributed by atoms with Gasteiger partial charge in [-0.1, -0.05) is 6.07 Å². The van der Waals surface area contributed by atoms with Crippen LogP contribution in [0.25, 0.3) is 0 Å². The van der Waals surface area contributed by atoms with Gasteiger partial charge in [-0.3, -0.25) is 14.3 Å². The van der Waals surface area contributed by atoms with E-state index in [9.17, 15) is 14.0 Å². The number of hydrogen-bond donors (Lipinski definition) is 1. The summed E-state index contributed by atoms with van der Waals surface area (Å²) in [4.78, 5) is 28.6. The molecular formula is C17H20FN3O2. The van der Waals surface area contributed by atoms with Gasteiger partial charge in [-0.15, -0.1) is 0 Å². The topological polar surface area (TPSA) is 58.1 Å². The molecule has 1 atom stereocenters. The zero-order chi connectivity index (χ0) is 16.6. The highest BCUT2D eigenvalue weighted by molar-refractivity contribution is 5.32. The molecule has 0 radical (unpaired) electrons. The lowest BCUT2D eigenvalue weighted by molar-refractivity contribution is 0.189. The minimum atomic E-state index is -0.383. The molecule has 1 aliphatic heterocycles. The molecule has 0 fully saturated rings. The van der Waals surface area contributed by atoms with Crippen molar-refractivity contribution in [3.8, 4) is 0 Å². The van der Waals surface area contributed by atoms with Crippen LogP contribution in [0.3, 0.4) is 0 Å². The number of hydrogen-bond acceptors (Lipinski definition) is 3. The van der Waals surface area contributed by atoms with E-state index in [-0.39, 0.29) is 23.1 Å². The molecule has 2 aromatic rings. The highest BCUT2D eigenvalue weighted by Gasteiger charge is 2.24. The Hall–Kier alpha value is -2.21. The SMILES string of the molecule is Cc1cc(=O)n(CCN2CCc3ccc(F)cc3[C@@H]2C)c(=O)[nH]1. The van der Waals surface area contributed by atoms with Crippen molar-refractivity contribution < 1.29 is 4.39 Å². The number of aromatic amines is 1. The van der Waals surface area contributed by atoms with Gasteiger partial charge < -0.3 is 4.98 Å². The van der Waals surface area contributed by atoms with Crippen molar-refractivity contribution in [3.63, 3.8) is 0 Å². The van der Waals surface area contributed by atoms with E-state index in [1.807, 2.05) is 13.0 Å². The molecule has 0 amide bonds. The van der Waals surface area contributed by atoms with Gasteiger partial charge in [0.2, 0.25) is 0 Å². The standard InChI is InChI=1S/C17H20FN3O2/c1-11-9-16(22)21(17(23)19-11)8-7-20-6-5-13-3-4-14(18)10-15(13)12(20)2/h3-4,9-10,12H,5-8H2,1-2H3,(H,19,23)/t12-/m0/s1. The third-order valence-corrected chi connectivity index (χ3v) is 4.54. The molecule has 0 spiro atoms. The van der Waals surface area contributed by atoms with Crippen LogP contribution in [0.2, 0.25) is 0 Å². The van der Waals surface area contributed by atoms with Crippen LogP contribution < -0.4 is 11.2 Å². The van der Waals surface area contributed by atoms with Gasteiger partial charge in [-0.25, -0.2) is 9.18 Å². The predicted molar refractivity (Wildman–Crippen MR) is 86.2 cm³/mol. The number of aryl methyl sites for hydroxylation is 1. The Balaban J connectivity index is 1.78. The first kappa shape index (κ1) is 15.7. The molecule has 3 rings (SSSR count). The second kappa shape index (κ2) is 6.12. The molecule has 0 bridgehead atoms. The van der Waals surface area contributed by atoms with E-state index >= 15 is 0 Å². The molecule has 6 heteroatoms. The minimum absolute atomic E-state index is 0.0645. The highest BCUT2D eigenvalue weighted by Crippen LogP contribution is 2.29. The molecule has 122 valence electrons. The molecule has 2 heterocycles. The second-order valence-corrected chi connectivity index (χ2v) is 6.05. The summed E-state index contributed by atoms with van der Waals surface area (Å²) in [7, 11) is 0.